The zero-order valence-corrected chi connectivity index (χ0v) is 14.1. The van der Waals surface area contributed by atoms with Crippen molar-refractivity contribution >= 4 is 39.6 Å². The van der Waals surface area contributed by atoms with Gasteiger partial charge in [-0.15, -0.1) is 0 Å². The molecule has 0 atom stereocenters. The lowest BCUT2D eigenvalue weighted by atomic mass is 10.1. The minimum Gasteiger partial charge on any atom is -0.463 e. The van der Waals surface area contributed by atoms with Crippen LogP contribution in [0.5, 0.6) is 0 Å². The molecule has 21 heavy (non-hydrogen) atoms. The molecule has 0 spiro atoms. The minimum atomic E-state index is -0.377. The number of amides is 1. The predicted octanol–water partition coefficient (Wildman–Crippen LogP) is 4.07. The number of carbonyl (C=O) groups excluding carboxylic acids is 2. The summed E-state index contributed by atoms with van der Waals surface area (Å²) < 4.78 is 5.95. The van der Waals surface area contributed by atoms with Gasteiger partial charge in [0.05, 0.1) is 6.61 Å². The molecule has 0 radical (unpaired) electrons. The number of anilines is 1. The molecule has 0 aliphatic carbocycles. The number of unbranched alkanes of at least 4 members (excludes halogenated alkanes) is 1. The first-order chi connectivity index (χ1) is 9.93. The SMILES string of the molecule is CCCCOC(=O)/C=C/c1cc(C)c(Br)cc1NC(C)=O. The van der Waals surface area contributed by atoms with Gasteiger partial charge < -0.3 is 10.1 Å². The summed E-state index contributed by atoms with van der Waals surface area (Å²) in [6, 6.07) is 3.71. The van der Waals surface area contributed by atoms with E-state index in [2.05, 4.69) is 21.2 Å². The van der Waals surface area contributed by atoms with Gasteiger partial charge in [0.2, 0.25) is 5.91 Å². The summed E-state index contributed by atoms with van der Waals surface area (Å²) in [4.78, 5) is 22.8. The summed E-state index contributed by atoms with van der Waals surface area (Å²) in [5.41, 5.74) is 2.43. The van der Waals surface area contributed by atoms with Gasteiger partial charge in [0.1, 0.15) is 0 Å². The number of hydrogen-bond donors (Lipinski definition) is 1. The zero-order chi connectivity index (χ0) is 15.8. The first-order valence-corrected chi connectivity index (χ1v) is 7.66. The van der Waals surface area contributed by atoms with Crippen molar-refractivity contribution in [1.29, 1.82) is 0 Å². The molecule has 1 rings (SSSR count). The van der Waals surface area contributed by atoms with Crippen LogP contribution in [0.4, 0.5) is 5.69 Å². The standard InChI is InChI=1S/C16H20BrNO3/c1-4-5-8-21-16(20)7-6-13-9-11(2)14(17)10-15(13)18-12(3)19/h6-7,9-10H,4-5,8H2,1-3H3,(H,18,19)/b7-6+. The van der Waals surface area contributed by atoms with Crippen LogP contribution in [0.15, 0.2) is 22.7 Å². The van der Waals surface area contributed by atoms with E-state index in [1.165, 1.54) is 13.0 Å². The number of halogens is 1. The summed E-state index contributed by atoms with van der Waals surface area (Å²) in [6.07, 6.45) is 4.87. The average Bonchev–Trinajstić information content (AvgIpc) is 2.41. The second-order valence-electron chi connectivity index (χ2n) is 4.72. The molecule has 0 heterocycles. The van der Waals surface area contributed by atoms with E-state index in [-0.39, 0.29) is 11.9 Å². The largest absolute Gasteiger partial charge is 0.463 e. The molecule has 0 aliphatic rings. The summed E-state index contributed by atoms with van der Waals surface area (Å²) in [5, 5.41) is 2.75. The highest BCUT2D eigenvalue weighted by Crippen LogP contribution is 2.26. The molecule has 114 valence electrons. The first-order valence-electron chi connectivity index (χ1n) is 6.86. The van der Waals surface area contributed by atoms with E-state index in [1.54, 1.807) is 6.08 Å². The molecule has 1 aromatic rings. The summed E-state index contributed by atoms with van der Waals surface area (Å²) in [6.45, 7) is 5.85. The van der Waals surface area contributed by atoms with Crippen molar-refractivity contribution < 1.29 is 14.3 Å². The number of carbonyl (C=O) groups is 2. The maximum Gasteiger partial charge on any atom is 0.330 e. The lowest BCUT2D eigenvalue weighted by molar-refractivity contribution is -0.137. The molecular formula is C16H20BrNO3. The van der Waals surface area contributed by atoms with Gasteiger partial charge in [0.25, 0.3) is 0 Å². The van der Waals surface area contributed by atoms with Gasteiger partial charge in [0.15, 0.2) is 0 Å². The number of benzene rings is 1. The van der Waals surface area contributed by atoms with Crippen molar-refractivity contribution in [3.8, 4) is 0 Å². The van der Waals surface area contributed by atoms with Crippen LogP contribution in [-0.4, -0.2) is 18.5 Å². The van der Waals surface area contributed by atoms with Crippen LogP contribution >= 0.6 is 15.9 Å². The first kappa shape index (κ1) is 17.4. The Bertz CT molecular complexity index is 553. The van der Waals surface area contributed by atoms with Gasteiger partial charge in [-0.3, -0.25) is 4.79 Å². The molecular weight excluding hydrogens is 334 g/mol. The van der Waals surface area contributed by atoms with Crippen molar-refractivity contribution in [2.24, 2.45) is 0 Å². The molecule has 1 N–H and O–H groups in total. The lowest BCUT2D eigenvalue weighted by Crippen LogP contribution is -2.07. The number of nitrogens with one attached hydrogen (secondary N) is 1. The van der Waals surface area contributed by atoms with Gasteiger partial charge in [-0.25, -0.2) is 4.79 Å². The Morgan fingerprint density at radius 3 is 2.71 bits per heavy atom. The fourth-order valence-corrected chi connectivity index (χ4v) is 2.01. The molecule has 1 aromatic carbocycles. The van der Waals surface area contributed by atoms with Crippen molar-refractivity contribution in [2.45, 2.75) is 33.6 Å². The topological polar surface area (TPSA) is 55.4 Å². The highest BCUT2D eigenvalue weighted by Gasteiger charge is 2.06. The highest BCUT2D eigenvalue weighted by molar-refractivity contribution is 9.10. The van der Waals surface area contributed by atoms with E-state index in [0.717, 1.165) is 28.4 Å². The van der Waals surface area contributed by atoms with Crippen molar-refractivity contribution in [1.82, 2.24) is 0 Å². The molecule has 0 saturated carbocycles. The zero-order valence-electron chi connectivity index (χ0n) is 12.5. The molecule has 0 bridgehead atoms. The van der Waals surface area contributed by atoms with E-state index >= 15 is 0 Å². The molecule has 1 amide bonds. The smallest absolute Gasteiger partial charge is 0.330 e. The summed E-state index contributed by atoms with van der Waals surface area (Å²) in [5.74, 6) is -0.538. The summed E-state index contributed by atoms with van der Waals surface area (Å²) >= 11 is 3.43. The molecule has 0 unspecified atom stereocenters. The van der Waals surface area contributed by atoms with Crippen LogP contribution in [0.1, 0.15) is 37.8 Å². The Kier molecular flexibility index (Phi) is 7.15. The van der Waals surface area contributed by atoms with Gasteiger partial charge in [-0.05, 0) is 42.7 Å². The van der Waals surface area contributed by atoms with Crippen molar-refractivity contribution in [3.63, 3.8) is 0 Å². The van der Waals surface area contributed by atoms with E-state index in [0.29, 0.717) is 12.3 Å². The van der Waals surface area contributed by atoms with E-state index in [1.807, 2.05) is 26.0 Å². The number of ether oxygens (including phenoxy) is 1. The van der Waals surface area contributed by atoms with Gasteiger partial charge in [-0.2, -0.15) is 0 Å². The molecule has 0 aliphatic heterocycles. The average molecular weight is 354 g/mol. The Morgan fingerprint density at radius 1 is 1.38 bits per heavy atom. The van der Waals surface area contributed by atoms with Crippen LogP contribution in [-0.2, 0) is 14.3 Å². The number of hydrogen-bond acceptors (Lipinski definition) is 3. The van der Waals surface area contributed by atoms with E-state index in [4.69, 9.17) is 4.74 Å². The van der Waals surface area contributed by atoms with Crippen LogP contribution in [0, 0.1) is 6.92 Å². The maximum absolute atomic E-state index is 11.6. The second-order valence-corrected chi connectivity index (χ2v) is 5.58. The van der Waals surface area contributed by atoms with Crippen LogP contribution in [0.2, 0.25) is 0 Å². The lowest BCUT2D eigenvalue weighted by Gasteiger charge is -2.09. The molecule has 0 fully saturated rings. The Hall–Kier alpha value is -1.62. The Labute approximate surface area is 133 Å². The Morgan fingerprint density at radius 2 is 2.10 bits per heavy atom. The van der Waals surface area contributed by atoms with E-state index < -0.39 is 0 Å². The highest BCUT2D eigenvalue weighted by atomic mass is 79.9. The Balaban J connectivity index is 2.87. The fourth-order valence-electron chi connectivity index (χ4n) is 1.66. The fraction of sp³-hybridized carbons (Fsp3) is 0.375. The van der Waals surface area contributed by atoms with Gasteiger partial charge in [-0.1, -0.05) is 29.3 Å². The van der Waals surface area contributed by atoms with E-state index in [9.17, 15) is 9.59 Å². The normalized spacial score (nSPS) is 10.7. The predicted molar refractivity (Wildman–Crippen MR) is 88.1 cm³/mol. The van der Waals surface area contributed by atoms with Gasteiger partial charge >= 0.3 is 5.97 Å². The van der Waals surface area contributed by atoms with Gasteiger partial charge in [0, 0.05) is 23.2 Å². The quantitative estimate of drug-likeness (QED) is 0.476. The van der Waals surface area contributed by atoms with Crippen molar-refractivity contribution in [2.75, 3.05) is 11.9 Å². The molecule has 5 heteroatoms. The monoisotopic (exact) mass is 353 g/mol. The number of esters is 1. The van der Waals surface area contributed by atoms with Crippen LogP contribution in [0.25, 0.3) is 6.08 Å². The second kappa shape index (κ2) is 8.62. The third-order valence-corrected chi connectivity index (χ3v) is 3.64. The van der Waals surface area contributed by atoms with Crippen LogP contribution < -0.4 is 5.32 Å². The summed E-state index contributed by atoms with van der Waals surface area (Å²) in [7, 11) is 0. The van der Waals surface area contributed by atoms with Crippen molar-refractivity contribution in [3.05, 3.63) is 33.8 Å². The molecule has 0 aromatic heterocycles. The van der Waals surface area contributed by atoms with Crippen LogP contribution in [0.3, 0.4) is 0 Å². The third-order valence-electron chi connectivity index (χ3n) is 2.78. The number of rotatable bonds is 6. The molecule has 4 nitrogen and oxygen atoms in total. The minimum absolute atomic E-state index is 0.161. The third kappa shape index (κ3) is 6.12. The maximum atomic E-state index is 11.6. The molecule has 0 saturated heterocycles. The number of aryl methyl sites for hydroxylation is 1.